The maximum atomic E-state index is 13.9. The van der Waals surface area contributed by atoms with Gasteiger partial charge in [0, 0.05) is 4.47 Å². The van der Waals surface area contributed by atoms with E-state index in [1.54, 1.807) is 12.2 Å². The van der Waals surface area contributed by atoms with E-state index < -0.39 is 18.1 Å². The molecule has 0 radical (unpaired) electrons. The number of anilines is 1. The topological polar surface area (TPSA) is 68.3 Å². The number of para-hydroxylation sites is 1. The number of benzene rings is 4. The minimum absolute atomic E-state index is 0.198. The van der Waals surface area contributed by atoms with Crippen LogP contribution in [0.2, 0.25) is 0 Å². The first-order chi connectivity index (χ1) is 19.5. The first-order valence-electron chi connectivity index (χ1n) is 13.0. The highest BCUT2D eigenvalue weighted by Crippen LogP contribution is 2.50. The maximum Gasteiger partial charge on any atom is 0.262 e. The van der Waals surface area contributed by atoms with Gasteiger partial charge in [-0.25, -0.2) is 5.06 Å². The average molecular weight is 599 g/mol. The molecule has 0 saturated carbocycles. The largest absolute Gasteiger partial charge is 0.493 e. The Labute approximate surface area is 241 Å². The molecule has 6 rings (SSSR count). The molecule has 202 valence electrons. The number of ether oxygens (including phenoxy) is 2. The Morgan fingerprint density at radius 3 is 2.08 bits per heavy atom. The van der Waals surface area contributed by atoms with Crippen LogP contribution in [0.25, 0.3) is 0 Å². The first kappa shape index (κ1) is 26.1. The summed E-state index contributed by atoms with van der Waals surface area (Å²) in [5.74, 6) is -0.272. The van der Waals surface area contributed by atoms with Gasteiger partial charge in [0.25, 0.3) is 5.91 Å². The molecule has 0 N–H and O–H groups in total. The second-order valence-corrected chi connectivity index (χ2v) is 10.6. The Morgan fingerprint density at radius 1 is 0.800 bits per heavy atom. The molecule has 2 aliphatic rings. The van der Waals surface area contributed by atoms with Gasteiger partial charge in [0.1, 0.15) is 12.5 Å². The van der Waals surface area contributed by atoms with E-state index in [1.807, 2.05) is 103 Å². The van der Waals surface area contributed by atoms with E-state index in [0.717, 1.165) is 22.4 Å². The predicted octanol–water partition coefficient (Wildman–Crippen LogP) is 6.08. The van der Waals surface area contributed by atoms with Crippen molar-refractivity contribution in [2.75, 3.05) is 12.2 Å². The number of carbonyl (C=O) groups excluding carboxylic acids is 2. The lowest BCUT2D eigenvalue weighted by atomic mass is 9.90. The van der Waals surface area contributed by atoms with E-state index in [0.29, 0.717) is 22.6 Å². The van der Waals surface area contributed by atoms with Crippen molar-refractivity contribution in [1.29, 1.82) is 0 Å². The van der Waals surface area contributed by atoms with Gasteiger partial charge >= 0.3 is 0 Å². The van der Waals surface area contributed by atoms with Gasteiger partial charge in [-0.1, -0.05) is 94.8 Å². The fraction of sp³-hybridized carbons (Fsp3) is 0.188. The molecule has 2 aliphatic heterocycles. The highest BCUT2D eigenvalue weighted by molar-refractivity contribution is 9.10. The van der Waals surface area contributed by atoms with Gasteiger partial charge in [-0.3, -0.25) is 19.3 Å². The third-order valence-electron chi connectivity index (χ3n) is 7.24. The molecule has 0 spiro atoms. The molecule has 2 amide bonds. The molecule has 4 aromatic rings. The van der Waals surface area contributed by atoms with Crippen LogP contribution in [0.4, 0.5) is 5.69 Å². The molecule has 40 heavy (non-hydrogen) atoms. The van der Waals surface area contributed by atoms with Gasteiger partial charge in [0.15, 0.2) is 17.6 Å². The van der Waals surface area contributed by atoms with Gasteiger partial charge in [0.05, 0.1) is 25.4 Å². The lowest BCUT2D eigenvalue weighted by molar-refractivity contribution is -0.143. The Morgan fingerprint density at radius 2 is 1.43 bits per heavy atom. The Bertz CT molecular complexity index is 1520. The van der Waals surface area contributed by atoms with Crippen molar-refractivity contribution in [2.24, 2.45) is 5.92 Å². The van der Waals surface area contributed by atoms with Crippen LogP contribution >= 0.6 is 15.9 Å². The van der Waals surface area contributed by atoms with Crippen molar-refractivity contribution < 1.29 is 23.9 Å². The molecule has 2 saturated heterocycles. The molecular formula is C32H27BrN2O5. The van der Waals surface area contributed by atoms with Crippen molar-refractivity contribution in [3.8, 4) is 11.5 Å². The summed E-state index contributed by atoms with van der Waals surface area (Å²) in [7, 11) is 1.58. The molecule has 3 atom stereocenters. The highest BCUT2D eigenvalue weighted by atomic mass is 79.9. The van der Waals surface area contributed by atoms with Crippen molar-refractivity contribution in [2.45, 2.75) is 25.3 Å². The van der Waals surface area contributed by atoms with E-state index in [1.165, 1.54) is 4.90 Å². The number of halogens is 1. The average Bonchev–Trinajstić information content (AvgIpc) is 3.49. The zero-order chi connectivity index (χ0) is 27.6. The summed E-state index contributed by atoms with van der Waals surface area (Å²) < 4.78 is 12.5. The van der Waals surface area contributed by atoms with Crippen LogP contribution in [0.1, 0.15) is 22.7 Å². The van der Waals surface area contributed by atoms with Crippen molar-refractivity contribution in [3.05, 3.63) is 124 Å². The summed E-state index contributed by atoms with van der Waals surface area (Å²) in [6.07, 6.45) is -0.937. The van der Waals surface area contributed by atoms with Crippen LogP contribution in [0.3, 0.4) is 0 Å². The van der Waals surface area contributed by atoms with Crippen molar-refractivity contribution >= 4 is 33.4 Å². The zero-order valence-corrected chi connectivity index (χ0v) is 23.4. The summed E-state index contributed by atoms with van der Waals surface area (Å²) in [4.78, 5) is 35.0. The Hall–Kier alpha value is -4.14. The lowest BCUT2D eigenvalue weighted by Gasteiger charge is -2.30. The number of nitrogens with zero attached hydrogens (tertiary/aromatic N) is 2. The minimum Gasteiger partial charge on any atom is -0.493 e. The summed E-state index contributed by atoms with van der Waals surface area (Å²) in [5, 5.41) is 1.68. The highest BCUT2D eigenvalue weighted by Gasteiger charge is 2.60. The summed E-state index contributed by atoms with van der Waals surface area (Å²) in [6.45, 7) is 0.571. The predicted molar refractivity (Wildman–Crippen MR) is 153 cm³/mol. The minimum atomic E-state index is -0.937. The monoisotopic (exact) mass is 598 g/mol. The number of imide groups is 1. The van der Waals surface area contributed by atoms with Crippen LogP contribution in [-0.2, 0) is 27.6 Å². The molecule has 0 bridgehead atoms. The smallest absolute Gasteiger partial charge is 0.262 e. The number of rotatable bonds is 8. The molecule has 2 heterocycles. The van der Waals surface area contributed by atoms with Gasteiger partial charge in [-0.2, -0.15) is 0 Å². The molecule has 3 unspecified atom stereocenters. The standard InChI is InChI=1S/C32H27BrN2O5/c1-38-26-17-24(25(33)18-27(26)39-20-22-13-7-3-8-14-22)29-28-30(40-35(29)23-15-9-4-10-16-23)32(37)34(31(28)36)19-21-11-5-2-6-12-21/h2-18,28-30H,19-20H2,1H3. The SMILES string of the molecule is COc1cc(C2C3C(=O)N(Cc4ccccc4)C(=O)C3ON2c2ccccc2)c(Br)cc1OCc1ccccc1. The number of amides is 2. The molecule has 2 fully saturated rings. The fourth-order valence-corrected chi connectivity index (χ4v) is 5.85. The van der Waals surface area contributed by atoms with Gasteiger partial charge in [0.2, 0.25) is 5.91 Å². The van der Waals surface area contributed by atoms with E-state index in [9.17, 15) is 9.59 Å². The van der Waals surface area contributed by atoms with Gasteiger partial charge < -0.3 is 9.47 Å². The van der Waals surface area contributed by atoms with E-state index >= 15 is 0 Å². The molecular weight excluding hydrogens is 572 g/mol. The van der Waals surface area contributed by atoms with Crippen LogP contribution in [-0.4, -0.2) is 29.9 Å². The molecule has 0 aromatic heterocycles. The third-order valence-corrected chi connectivity index (χ3v) is 7.93. The fourth-order valence-electron chi connectivity index (χ4n) is 5.29. The van der Waals surface area contributed by atoms with E-state index in [-0.39, 0.29) is 18.4 Å². The maximum absolute atomic E-state index is 13.9. The quantitative estimate of drug-likeness (QED) is 0.229. The number of fused-ring (bicyclic) bond motifs is 1. The van der Waals surface area contributed by atoms with Gasteiger partial charge in [-0.05, 0) is 41.0 Å². The number of likely N-dealkylation sites (tertiary alicyclic amines) is 1. The van der Waals surface area contributed by atoms with Crippen LogP contribution in [0.5, 0.6) is 11.5 Å². The summed E-state index contributed by atoms with van der Waals surface area (Å²) >= 11 is 3.72. The Kier molecular flexibility index (Phi) is 7.28. The first-order valence-corrected chi connectivity index (χ1v) is 13.8. The lowest BCUT2D eigenvalue weighted by Crippen LogP contribution is -2.37. The summed E-state index contributed by atoms with van der Waals surface area (Å²) in [5.41, 5.74) is 3.40. The number of hydrogen-bond acceptors (Lipinski definition) is 6. The van der Waals surface area contributed by atoms with Crippen LogP contribution < -0.4 is 14.5 Å². The number of hydroxylamine groups is 1. The second kappa shape index (κ2) is 11.2. The molecule has 0 aliphatic carbocycles. The molecule has 7 nitrogen and oxygen atoms in total. The normalized spacial score (nSPS) is 20.1. The van der Waals surface area contributed by atoms with E-state index in [4.69, 9.17) is 14.3 Å². The number of carbonyl (C=O) groups is 2. The van der Waals surface area contributed by atoms with Gasteiger partial charge in [-0.15, -0.1) is 0 Å². The summed E-state index contributed by atoms with van der Waals surface area (Å²) in [6, 6.07) is 32.0. The van der Waals surface area contributed by atoms with Crippen molar-refractivity contribution in [1.82, 2.24) is 4.90 Å². The van der Waals surface area contributed by atoms with Crippen LogP contribution in [0.15, 0.2) is 108 Å². The zero-order valence-electron chi connectivity index (χ0n) is 21.8. The second-order valence-electron chi connectivity index (χ2n) is 9.71. The molecule has 8 heteroatoms. The van der Waals surface area contributed by atoms with Crippen molar-refractivity contribution in [3.63, 3.8) is 0 Å². The van der Waals surface area contributed by atoms with E-state index in [2.05, 4.69) is 15.9 Å². The number of hydrogen-bond donors (Lipinski definition) is 0. The molecule has 4 aromatic carbocycles. The Balaban J connectivity index is 1.37. The van der Waals surface area contributed by atoms with Crippen LogP contribution in [0, 0.1) is 5.92 Å². The number of methoxy groups -OCH3 is 1. The third kappa shape index (κ3) is 4.85.